The molecule has 1 heterocycles. The molecule has 0 radical (unpaired) electrons. The van der Waals surface area contributed by atoms with E-state index >= 15 is 0 Å². The molecule has 4 nitrogen and oxygen atoms in total. The van der Waals surface area contributed by atoms with Gasteiger partial charge in [-0.05, 0) is 48.6 Å². The van der Waals surface area contributed by atoms with E-state index in [9.17, 15) is 9.59 Å². The third kappa shape index (κ3) is 5.39. The summed E-state index contributed by atoms with van der Waals surface area (Å²) >= 11 is 1.72. The van der Waals surface area contributed by atoms with Crippen LogP contribution in [0.1, 0.15) is 24.6 Å². The molecule has 2 aromatic rings. The van der Waals surface area contributed by atoms with Gasteiger partial charge in [0.25, 0.3) is 0 Å². The molecule has 1 aromatic heterocycles. The summed E-state index contributed by atoms with van der Waals surface area (Å²) in [6, 6.07) is 11.2. The average molecular weight is 302 g/mol. The Balaban J connectivity index is 1.75. The third-order valence-corrected chi connectivity index (χ3v) is 3.83. The second-order valence-electron chi connectivity index (χ2n) is 4.74. The lowest BCUT2D eigenvalue weighted by molar-refractivity contribution is -0.116. The maximum absolute atomic E-state index is 11.8. The van der Waals surface area contributed by atoms with Crippen LogP contribution >= 0.6 is 11.3 Å². The van der Waals surface area contributed by atoms with Gasteiger partial charge in [0.1, 0.15) is 0 Å². The highest BCUT2D eigenvalue weighted by Gasteiger charge is 2.03. The van der Waals surface area contributed by atoms with E-state index in [-0.39, 0.29) is 11.8 Å². The van der Waals surface area contributed by atoms with Gasteiger partial charge in [0.15, 0.2) is 0 Å². The smallest absolute Gasteiger partial charge is 0.224 e. The SMILES string of the molecule is CC(=O)Nc1ccc(NC(=O)CCCc2cccs2)cc1. The van der Waals surface area contributed by atoms with Crippen LogP contribution in [0.15, 0.2) is 41.8 Å². The van der Waals surface area contributed by atoms with Gasteiger partial charge in [0, 0.05) is 29.6 Å². The molecule has 0 saturated heterocycles. The maximum atomic E-state index is 11.8. The van der Waals surface area contributed by atoms with Gasteiger partial charge in [-0.25, -0.2) is 0 Å². The minimum atomic E-state index is -0.111. The summed E-state index contributed by atoms with van der Waals surface area (Å²) in [6.45, 7) is 1.46. The Morgan fingerprint density at radius 3 is 2.29 bits per heavy atom. The first-order chi connectivity index (χ1) is 10.1. The molecule has 0 spiro atoms. The molecule has 2 N–H and O–H groups in total. The first-order valence-electron chi connectivity index (χ1n) is 6.83. The number of hydrogen-bond donors (Lipinski definition) is 2. The fourth-order valence-electron chi connectivity index (χ4n) is 1.94. The summed E-state index contributed by atoms with van der Waals surface area (Å²) in [6.07, 6.45) is 2.29. The number of benzene rings is 1. The summed E-state index contributed by atoms with van der Waals surface area (Å²) in [5, 5.41) is 7.59. The third-order valence-electron chi connectivity index (χ3n) is 2.90. The van der Waals surface area contributed by atoms with Gasteiger partial charge < -0.3 is 10.6 Å². The lowest BCUT2D eigenvalue weighted by Gasteiger charge is -2.06. The normalized spacial score (nSPS) is 10.1. The molecule has 1 aromatic carbocycles. The molecule has 0 saturated carbocycles. The first-order valence-corrected chi connectivity index (χ1v) is 7.71. The van der Waals surface area contributed by atoms with E-state index in [2.05, 4.69) is 16.7 Å². The Labute approximate surface area is 128 Å². The average Bonchev–Trinajstić information content (AvgIpc) is 2.93. The van der Waals surface area contributed by atoms with Crippen molar-refractivity contribution in [3.8, 4) is 0 Å². The van der Waals surface area contributed by atoms with E-state index < -0.39 is 0 Å². The number of aryl methyl sites for hydroxylation is 1. The summed E-state index contributed by atoms with van der Waals surface area (Å²) in [5.41, 5.74) is 1.46. The van der Waals surface area contributed by atoms with Crippen LogP contribution < -0.4 is 10.6 Å². The molecule has 110 valence electrons. The number of anilines is 2. The van der Waals surface area contributed by atoms with Crippen molar-refractivity contribution in [2.75, 3.05) is 10.6 Å². The molecule has 0 fully saturated rings. The zero-order valence-corrected chi connectivity index (χ0v) is 12.7. The zero-order valence-electron chi connectivity index (χ0n) is 11.9. The van der Waals surface area contributed by atoms with Crippen LogP contribution in [-0.2, 0) is 16.0 Å². The topological polar surface area (TPSA) is 58.2 Å². The van der Waals surface area contributed by atoms with Crippen LogP contribution in [0.2, 0.25) is 0 Å². The largest absolute Gasteiger partial charge is 0.326 e. The van der Waals surface area contributed by atoms with E-state index in [4.69, 9.17) is 0 Å². The molecule has 5 heteroatoms. The molecule has 0 aliphatic heterocycles. The molecular formula is C16H18N2O2S. The molecule has 0 bridgehead atoms. The molecule has 2 rings (SSSR count). The van der Waals surface area contributed by atoms with E-state index in [1.54, 1.807) is 35.6 Å². The first kappa shape index (κ1) is 15.3. The van der Waals surface area contributed by atoms with E-state index in [0.717, 1.165) is 24.2 Å². The highest BCUT2D eigenvalue weighted by molar-refractivity contribution is 7.09. The summed E-state index contributed by atoms with van der Waals surface area (Å²) in [7, 11) is 0. The predicted octanol–water partition coefficient (Wildman–Crippen LogP) is 3.67. The summed E-state index contributed by atoms with van der Waals surface area (Å²) < 4.78 is 0. The summed E-state index contributed by atoms with van der Waals surface area (Å²) in [4.78, 5) is 24.0. The molecular weight excluding hydrogens is 284 g/mol. The number of carbonyl (C=O) groups excluding carboxylic acids is 2. The molecule has 0 atom stereocenters. The lowest BCUT2D eigenvalue weighted by atomic mass is 10.2. The maximum Gasteiger partial charge on any atom is 0.224 e. The van der Waals surface area contributed by atoms with Crippen LogP contribution in [0.3, 0.4) is 0 Å². The van der Waals surface area contributed by atoms with Gasteiger partial charge in [0.05, 0.1) is 0 Å². The number of hydrogen-bond acceptors (Lipinski definition) is 3. The quantitative estimate of drug-likeness (QED) is 0.855. The van der Waals surface area contributed by atoms with Gasteiger partial charge in [-0.3, -0.25) is 9.59 Å². The van der Waals surface area contributed by atoms with Crippen molar-refractivity contribution >= 4 is 34.5 Å². The van der Waals surface area contributed by atoms with Gasteiger partial charge >= 0.3 is 0 Å². The number of nitrogens with one attached hydrogen (secondary N) is 2. The highest BCUT2D eigenvalue weighted by atomic mass is 32.1. The predicted molar refractivity (Wildman–Crippen MR) is 86.6 cm³/mol. The second kappa shape index (κ2) is 7.59. The van der Waals surface area contributed by atoms with Crippen LogP contribution in [0, 0.1) is 0 Å². The van der Waals surface area contributed by atoms with Gasteiger partial charge in [-0.15, -0.1) is 11.3 Å². The fourth-order valence-corrected chi connectivity index (χ4v) is 2.69. The molecule has 2 amide bonds. The number of carbonyl (C=O) groups is 2. The van der Waals surface area contributed by atoms with Crippen LogP contribution in [-0.4, -0.2) is 11.8 Å². The lowest BCUT2D eigenvalue weighted by Crippen LogP contribution is -2.11. The van der Waals surface area contributed by atoms with Crippen molar-refractivity contribution in [3.63, 3.8) is 0 Å². The number of rotatable bonds is 6. The Kier molecular flexibility index (Phi) is 5.51. The Morgan fingerprint density at radius 1 is 1.05 bits per heavy atom. The standard InChI is InChI=1S/C16H18N2O2S/c1-12(19)17-13-7-9-14(10-8-13)18-16(20)6-2-4-15-5-3-11-21-15/h3,5,7-11H,2,4,6H2,1H3,(H,17,19)(H,18,20). The number of amides is 2. The summed E-state index contributed by atoms with van der Waals surface area (Å²) in [5.74, 6) is -0.0980. The van der Waals surface area contributed by atoms with E-state index in [1.165, 1.54) is 11.8 Å². The Bertz CT molecular complexity index is 591. The van der Waals surface area contributed by atoms with Crippen LogP contribution in [0.4, 0.5) is 11.4 Å². The Hall–Kier alpha value is -2.14. The second-order valence-corrected chi connectivity index (χ2v) is 5.77. The van der Waals surface area contributed by atoms with Crippen molar-refractivity contribution in [3.05, 3.63) is 46.7 Å². The highest BCUT2D eigenvalue weighted by Crippen LogP contribution is 2.15. The number of thiophene rings is 1. The minimum Gasteiger partial charge on any atom is -0.326 e. The zero-order chi connectivity index (χ0) is 15.1. The molecule has 0 unspecified atom stereocenters. The minimum absolute atomic E-state index is 0.0128. The fraction of sp³-hybridized carbons (Fsp3) is 0.250. The van der Waals surface area contributed by atoms with Crippen molar-refractivity contribution in [2.45, 2.75) is 26.2 Å². The Morgan fingerprint density at radius 2 is 1.71 bits per heavy atom. The van der Waals surface area contributed by atoms with Crippen LogP contribution in [0.5, 0.6) is 0 Å². The van der Waals surface area contributed by atoms with Crippen molar-refractivity contribution in [1.82, 2.24) is 0 Å². The van der Waals surface area contributed by atoms with Crippen molar-refractivity contribution in [2.24, 2.45) is 0 Å². The van der Waals surface area contributed by atoms with E-state index in [0.29, 0.717) is 6.42 Å². The molecule has 0 aliphatic rings. The van der Waals surface area contributed by atoms with Crippen molar-refractivity contribution in [1.29, 1.82) is 0 Å². The van der Waals surface area contributed by atoms with Gasteiger partial charge in [-0.1, -0.05) is 6.07 Å². The van der Waals surface area contributed by atoms with Crippen molar-refractivity contribution < 1.29 is 9.59 Å². The monoisotopic (exact) mass is 302 g/mol. The van der Waals surface area contributed by atoms with E-state index in [1.807, 2.05) is 11.4 Å². The van der Waals surface area contributed by atoms with Crippen LogP contribution in [0.25, 0.3) is 0 Å². The van der Waals surface area contributed by atoms with Gasteiger partial charge in [0.2, 0.25) is 11.8 Å². The molecule has 0 aliphatic carbocycles. The molecule has 21 heavy (non-hydrogen) atoms. The van der Waals surface area contributed by atoms with Gasteiger partial charge in [-0.2, -0.15) is 0 Å².